The molecule has 1 fully saturated rings. The minimum absolute atomic E-state index is 0.113. The van der Waals surface area contributed by atoms with Crippen LogP contribution in [0.1, 0.15) is 25.3 Å². The molecular formula is C16H23N3O3. The van der Waals surface area contributed by atoms with Crippen LogP contribution in [0.25, 0.3) is 0 Å². The second-order valence-electron chi connectivity index (χ2n) is 5.50. The van der Waals surface area contributed by atoms with E-state index in [1.165, 1.54) is 10.5 Å². The van der Waals surface area contributed by atoms with Gasteiger partial charge in [0.1, 0.15) is 6.10 Å². The molecule has 1 saturated heterocycles. The third kappa shape index (κ3) is 4.44. The number of carbonyl (C=O) groups is 2. The number of amides is 2. The third-order valence-corrected chi connectivity index (χ3v) is 3.89. The molecule has 1 unspecified atom stereocenters. The minimum atomic E-state index is -0.303. The average molecular weight is 305 g/mol. The van der Waals surface area contributed by atoms with Crippen molar-refractivity contribution in [3.8, 4) is 0 Å². The van der Waals surface area contributed by atoms with Crippen molar-refractivity contribution in [3.63, 3.8) is 0 Å². The molecule has 1 atom stereocenters. The van der Waals surface area contributed by atoms with Crippen LogP contribution in [0, 0.1) is 0 Å². The summed E-state index contributed by atoms with van der Waals surface area (Å²) in [5.74, 6) is 0.113. The first-order chi connectivity index (χ1) is 10.6. The summed E-state index contributed by atoms with van der Waals surface area (Å²) in [5, 5.41) is 0. The van der Waals surface area contributed by atoms with Crippen LogP contribution in [0.2, 0.25) is 0 Å². The van der Waals surface area contributed by atoms with Crippen molar-refractivity contribution in [1.82, 2.24) is 14.8 Å². The van der Waals surface area contributed by atoms with Gasteiger partial charge in [0.2, 0.25) is 5.91 Å². The van der Waals surface area contributed by atoms with Crippen LogP contribution in [-0.4, -0.2) is 59.6 Å². The lowest BCUT2D eigenvalue weighted by Gasteiger charge is -2.21. The molecule has 22 heavy (non-hydrogen) atoms. The SMILES string of the molecule is CCN(CCc1ccncc1)C(=O)CCC1CN(C)C(=O)O1. The Bertz CT molecular complexity index is 507. The molecule has 1 aliphatic rings. The molecule has 0 aromatic carbocycles. The van der Waals surface area contributed by atoms with Crippen molar-refractivity contribution in [1.29, 1.82) is 0 Å². The first-order valence-electron chi connectivity index (χ1n) is 7.68. The number of aromatic nitrogens is 1. The van der Waals surface area contributed by atoms with Crippen LogP contribution in [0.4, 0.5) is 4.79 Å². The van der Waals surface area contributed by atoms with Crippen molar-refractivity contribution in [2.24, 2.45) is 0 Å². The van der Waals surface area contributed by atoms with Gasteiger partial charge in [-0.1, -0.05) is 0 Å². The zero-order valence-electron chi connectivity index (χ0n) is 13.2. The molecule has 0 saturated carbocycles. The number of pyridine rings is 1. The van der Waals surface area contributed by atoms with E-state index in [1.54, 1.807) is 19.4 Å². The average Bonchev–Trinajstić information content (AvgIpc) is 2.85. The highest BCUT2D eigenvalue weighted by atomic mass is 16.6. The number of ether oxygens (including phenoxy) is 1. The van der Waals surface area contributed by atoms with E-state index in [4.69, 9.17) is 4.74 Å². The Kier molecular flexibility index (Phi) is 5.75. The number of cyclic esters (lactones) is 1. The van der Waals surface area contributed by atoms with Crippen LogP contribution < -0.4 is 0 Å². The quantitative estimate of drug-likeness (QED) is 0.769. The summed E-state index contributed by atoms with van der Waals surface area (Å²) in [4.78, 5) is 30.9. The lowest BCUT2D eigenvalue weighted by Crippen LogP contribution is -2.33. The summed E-state index contributed by atoms with van der Waals surface area (Å²) in [5.41, 5.74) is 1.17. The summed E-state index contributed by atoms with van der Waals surface area (Å²) in [7, 11) is 1.71. The summed E-state index contributed by atoms with van der Waals surface area (Å²) >= 11 is 0. The topological polar surface area (TPSA) is 62.7 Å². The Morgan fingerprint density at radius 2 is 2.18 bits per heavy atom. The molecule has 1 aromatic rings. The summed E-state index contributed by atoms with van der Waals surface area (Å²) in [6, 6.07) is 3.93. The molecule has 0 N–H and O–H groups in total. The maximum absolute atomic E-state index is 12.3. The largest absolute Gasteiger partial charge is 0.444 e. The van der Waals surface area contributed by atoms with Crippen LogP contribution in [0.5, 0.6) is 0 Å². The molecule has 120 valence electrons. The predicted molar refractivity (Wildman–Crippen MR) is 82.3 cm³/mol. The number of hydrogen-bond acceptors (Lipinski definition) is 4. The Balaban J connectivity index is 1.75. The molecule has 2 rings (SSSR count). The zero-order chi connectivity index (χ0) is 15.9. The fourth-order valence-corrected chi connectivity index (χ4v) is 2.52. The van der Waals surface area contributed by atoms with E-state index < -0.39 is 0 Å². The lowest BCUT2D eigenvalue weighted by molar-refractivity contribution is -0.131. The maximum Gasteiger partial charge on any atom is 0.409 e. The second kappa shape index (κ2) is 7.77. The van der Waals surface area contributed by atoms with Crippen molar-refractivity contribution in [2.45, 2.75) is 32.3 Å². The van der Waals surface area contributed by atoms with Crippen molar-refractivity contribution in [3.05, 3.63) is 30.1 Å². The number of rotatable bonds is 7. The first-order valence-corrected chi connectivity index (χ1v) is 7.68. The van der Waals surface area contributed by atoms with Crippen molar-refractivity contribution in [2.75, 3.05) is 26.7 Å². The monoisotopic (exact) mass is 305 g/mol. The maximum atomic E-state index is 12.3. The zero-order valence-corrected chi connectivity index (χ0v) is 13.2. The van der Waals surface area contributed by atoms with E-state index in [0.29, 0.717) is 32.5 Å². The van der Waals surface area contributed by atoms with Crippen molar-refractivity contribution >= 4 is 12.0 Å². The molecule has 0 bridgehead atoms. The van der Waals surface area contributed by atoms with Crippen LogP contribution in [0.15, 0.2) is 24.5 Å². The van der Waals surface area contributed by atoms with E-state index in [0.717, 1.165) is 6.42 Å². The highest BCUT2D eigenvalue weighted by Gasteiger charge is 2.28. The molecule has 0 radical (unpaired) electrons. The van der Waals surface area contributed by atoms with E-state index in [2.05, 4.69) is 4.98 Å². The lowest BCUT2D eigenvalue weighted by atomic mass is 10.1. The van der Waals surface area contributed by atoms with Gasteiger partial charge in [-0.25, -0.2) is 4.79 Å². The van der Waals surface area contributed by atoms with Gasteiger partial charge in [-0.3, -0.25) is 9.78 Å². The summed E-state index contributed by atoms with van der Waals surface area (Å²) in [6.07, 6.45) is 4.87. The Labute approximate surface area is 131 Å². The van der Waals surface area contributed by atoms with Crippen LogP contribution in [-0.2, 0) is 16.0 Å². The van der Waals surface area contributed by atoms with Gasteiger partial charge < -0.3 is 14.5 Å². The third-order valence-electron chi connectivity index (χ3n) is 3.89. The summed E-state index contributed by atoms with van der Waals surface area (Å²) in [6.45, 7) is 3.93. The fraction of sp³-hybridized carbons (Fsp3) is 0.562. The number of likely N-dealkylation sites (N-methyl/N-ethyl adjacent to an activating group) is 2. The van der Waals surface area contributed by atoms with Gasteiger partial charge in [-0.2, -0.15) is 0 Å². The molecule has 6 nitrogen and oxygen atoms in total. The van der Waals surface area contributed by atoms with Gasteiger partial charge in [-0.15, -0.1) is 0 Å². The van der Waals surface area contributed by atoms with E-state index in [1.807, 2.05) is 24.0 Å². The van der Waals surface area contributed by atoms with Crippen LogP contribution >= 0.6 is 0 Å². The highest BCUT2D eigenvalue weighted by molar-refractivity contribution is 5.76. The van der Waals surface area contributed by atoms with Gasteiger partial charge >= 0.3 is 6.09 Å². The normalized spacial score (nSPS) is 17.5. The van der Waals surface area contributed by atoms with Gasteiger partial charge in [-0.05, 0) is 37.5 Å². The van der Waals surface area contributed by atoms with Crippen molar-refractivity contribution < 1.29 is 14.3 Å². The fourth-order valence-electron chi connectivity index (χ4n) is 2.52. The van der Waals surface area contributed by atoms with Crippen LogP contribution in [0.3, 0.4) is 0 Å². The van der Waals surface area contributed by atoms with Gasteiger partial charge in [0.05, 0.1) is 6.54 Å². The molecule has 2 amide bonds. The molecule has 2 heterocycles. The van der Waals surface area contributed by atoms with E-state index in [-0.39, 0.29) is 18.1 Å². The Hall–Kier alpha value is -2.11. The number of nitrogens with zero attached hydrogens (tertiary/aromatic N) is 3. The molecule has 0 spiro atoms. The predicted octanol–water partition coefficient (Wildman–Crippen LogP) is 1.70. The van der Waals surface area contributed by atoms with Gasteiger partial charge in [0.15, 0.2) is 0 Å². The standard InChI is InChI=1S/C16H23N3O3/c1-3-19(11-8-13-6-9-17-10-7-13)15(20)5-4-14-12-18(2)16(21)22-14/h6-7,9-10,14H,3-5,8,11-12H2,1-2H3. The van der Waals surface area contributed by atoms with E-state index in [9.17, 15) is 9.59 Å². The molecular weight excluding hydrogens is 282 g/mol. The highest BCUT2D eigenvalue weighted by Crippen LogP contribution is 2.14. The molecule has 0 aliphatic carbocycles. The van der Waals surface area contributed by atoms with Gasteiger partial charge in [0.25, 0.3) is 0 Å². The second-order valence-corrected chi connectivity index (χ2v) is 5.50. The number of carbonyl (C=O) groups excluding carboxylic acids is 2. The molecule has 1 aromatic heterocycles. The Morgan fingerprint density at radius 3 is 2.77 bits per heavy atom. The molecule has 6 heteroatoms. The van der Waals surface area contributed by atoms with Gasteiger partial charge in [0, 0.05) is 39.0 Å². The first kappa shape index (κ1) is 16.3. The molecule has 1 aliphatic heterocycles. The summed E-state index contributed by atoms with van der Waals surface area (Å²) < 4.78 is 5.18. The number of hydrogen-bond donors (Lipinski definition) is 0. The van der Waals surface area contributed by atoms with E-state index >= 15 is 0 Å². The smallest absolute Gasteiger partial charge is 0.409 e. The Morgan fingerprint density at radius 1 is 1.45 bits per heavy atom. The minimum Gasteiger partial charge on any atom is -0.444 e.